The molecule has 0 heterocycles. The maximum absolute atomic E-state index is 7.70. The number of rotatable bonds is 5. The number of thioether (sulfide) groups is 1. The Morgan fingerprint density at radius 2 is 2.08 bits per heavy atom. The third-order valence-electron chi connectivity index (χ3n) is 2.13. The second-order valence-corrected chi connectivity index (χ2v) is 4.96. The molecule has 0 aliphatic heterocycles. The highest BCUT2D eigenvalue weighted by atomic mass is 32.2. The van der Waals surface area contributed by atoms with Gasteiger partial charge in [-0.3, -0.25) is 10.7 Å². The van der Waals surface area contributed by atoms with Gasteiger partial charge in [0.25, 0.3) is 0 Å². The highest BCUT2D eigenvalue weighted by Crippen LogP contribution is 2.16. The van der Waals surface area contributed by atoms with Crippen LogP contribution in [0.25, 0.3) is 0 Å². The predicted octanol–water partition coefficient (Wildman–Crippen LogP) is 1.60. The first-order chi connectivity index (χ1) is 5.93. The molecule has 0 rings (SSSR count). The fourth-order valence-corrected chi connectivity index (χ4v) is 0.911. The number of hydrogen-bond acceptors (Lipinski definition) is 3. The van der Waals surface area contributed by atoms with E-state index in [4.69, 9.17) is 5.41 Å². The van der Waals surface area contributed by atoms with Gasteiger partial charge in [-0.1, -0.05) is 0 Å². The van der Waals surface area contributed by atoms with E-state index in [0.717, 1.165) is 6.54 Å². The monoisotopic (exact) mass is 203 g/mol. The van der Waals surface area contributed by atoms with Crippen LogP contribution in [0.3, 0.4) is 0 Å². The lowest BCUT2D eigenvalue weighted by Crippen LogP contribution is -2.43. The van der Waals surface area contributed by atoms with Crippen molar-refractivity contribution >= 4 is 17.6 Å². The van der Waals surface area contributed by atoms with Crippen molar-refractivity contribution in [2.75, 3.05) is 26.4 Å². The SMILES string of the molecule is CCN(C)C(=N)CNC(C)(C)SC. The van der Waals surface area contributed by atoms with Crippen LogP contribution < -0.4 is 5.32 Å². The fraction of sp³-hybridized carbons (Fsp3) is 0.889. The third kappa shape index (κ3) is 5.16. The molecule has 0 fully saturated rings. The van der Waals surface area contributed by atoms with E-state index in [1.54, 1.807) is 11.8 Å². The maximum Gasteiger partial charge on any atom is 0.110 e. The number of amidine groups is 1. The standard InChI is InChI=1S/C9H21N3S/c1-6-12(4)8(10)7-11-9(2,3)13-5/h10-11H,6-7H2,1-5H3. The van der Waals surface area contributed by atoms with Gasteiger partial charge in [0.05, 0.1) is 11.4 Å². The molecule has 0 bridgehead atoms. The average molecular weight is 203 g/mol. The zero-order valence-electron chi connectivity index (χ0n) is 9.27. The Morgan fingerprint density at radius 1 is 1.54 bits per heavy atom. The molecule has 0 aromatic heterocycles. The van der Waals surface area contributed by atoms with Gasteiger partial charge in [0.15, 0.2) is 0 Å². The van der Waals surface area contributed by atoms with Gasteiger partial charge in [0, 0.05) is 13.6 Å². The molecule has 3 nitrogen and oxygen atoms in total. The van der Waals surface area contributed by atoms with Crippen molar-refractivity contribution in [3.8, 4) is 0 Å². The molecule has 13 heavy (non-hydrogen) atoms. The van der Waals surface area contributed by atoms with Gasteiger partial charge >= 0.3 is 0 Å². The molecular formula is C9H21N3S. The summed E-state index contributed by atoms with van der Waals surface area (Å²) in [5.74, 6) is 0.643. The Balaban J connectivity index is 3.83. The van der Waals surface area contributed by atoms with E-state index in [2.05, 4.69) is 25.4 Å². The zero-order valence-corrected chi connectivity index (χ0v) is 10.1. The highest BCUT2D eigenvalue weighted by Gasteiger charge is 2.15. The van der Waals surface area contributed by atoms with Gasteiger partial charge in [0.1, 0.15) is 5.84 Å². The lowest BCUT2D eigenvalue weighted by atomic mass is 10.3. The lowest BCUT2D eigenvalue weighted by Gasteiger charge is -2.26. The normalized spacial score (nSPS) is 11.5. The van der Waals surface area contributed by atoms with Crippen LogP contribution in [0.4, 0.5) is 0 Å². The second kappa shape index (κ2) is 5.50. The van der Waals surface area contributed by atoms with Crippen molar-refractivity contribution < 1.29 is 0 Å². The number of nitrogens with zero attached hydrogens (tertiary/aromatic N) is 1. The summed E-state index contributed by atoms with van der Waals surface area (Å²) in [6, 6.07) is 0. The molecule has 0 atom stereocenters. The summed E-state index contributed by atoms with van der Waals surface area (Å²) in [6.45, 7) is 7.82. The molecule has 0 saturated heterocycles. The third-order valence-corrected chi connectivity index (χ3v) is 3.29. The first-order valence-corrected chi connectivity index (χ1v) is 5.74. The minimum Gasteiger partial charge on any atom is -0.363 e. The van der Waals surface area contributed by atoms with Gasteiger partial charge < -0.3 is 4.90 Å². The molecular weight excluding hydrogens is 182 g/mol. The van der Waals surface area contributed by atoms with Crippen molar-refractivity contribution in [2.45, 2.75) is 25.6 Å². The second-order valence-electron chi connectivity index (χ2n) is 3.53. The van der Waals surface area contributed by atoms with Crippen LogP contribution in [0.2, 0.25) is 0 Å². The van der Waals surface area contributed by atoms with E-state index in [0.29, 0.717) is 12.4 Å². The quantitative estimate of drug-likeness (QED) is 0.405. The molecule has 0 saturated carbocycles. The molecule has 4 heteroatoms. The van der Waals surface area contributed by atoms with E-state index < -0.39 is 0 Å². The Bertz CT molecular complexity index is 168. The number of likely N-dealkylation sites (N-methyl/N-ethyl adjacent to an activating group) is 1. The van der Waals surface area contributed by atoms with Crippen molar-refractivity contribution in [1.29, 1.82) is 5.41 Å². The fourth-order valence-electron chi connectivity index (χ4n) is 0.695. The molecule has 0 unspecified atom stereocenters. The van der Waals surface area contributed by atoms with E-state index >= 15 is 0 Å². The predicted molar refractivity (Wildman–Crippen MR) is 61.6 cm³/mol. The molecule has 0 aromatic rings. The van der Waals surface area contributed by atoms with Gasteiger partial charge in [-0.15, -0.1) is 11.8 Å². The summed E-state index contributed by atoms with van der Waals surface area (Å²) in [5, 5.41) is 11.0. The first-order valence-electron chi connectivity index (χ1n) is 4.51. The van der Waals surface area contributed by atoms with Crippen LogP contribution in [0.1, 0.15) is 20.8 Å². The van der Waals surface area contributed by atoms with Gasteiger partial charge in [-0.25, -0.2) is 0 Å². The average Bonchev–Trinajstić information content (AvgIpc) is 2.13. The summed E-state index contributed by atoms with van der Waals surface area (Å²) in [5.41, 5.74) is 0. The van der Waals surface area contributed by atoms with E-state index in [-0.39, 0.29) is 4.87 Å². The van der Waals surface area contributed by atoms with Crippen molar-refractivity contribution in [1.82, 2.24) is 10.2 Å². The van der Waals surface area contributed by atoms with E-state index in [1.807, 2.05) is 18.9 Å². The van der Waals surface area contributed by atoms with Crippen molar-refractivity contribution in [3.63, 3.8) is 0 Å². The molecule has 0 amide bonds. The zero-order chi connectivity index (χ0) is 10.5. The first kappa shape index (κ1) is 12.8. The van der Waals surface area contributed by atoms with Gasteiger partial charge in [-0.05, 0) is 27.0 Å². The van der Waals surface area contributed by atoms with Crippen LogP contribution in [0, 0.1) is 5.41 Å². The Morgan fingerprint density at radius 3 is 2.46 bits per heavy atom. The van der Waals surface area contributed by atoms with Crippen LogP contribution in [0.15, 0.2) is 0 Å². The summed E-state index contributed by atoms with van der Waals surface area (Å²) in [6.07, 6.45) is 2.07. The molecule has 0 spiro atoms. The topological polar surface area (TPSA) is 39.1 Å². The van der Waals surface area contributed by atoms with Crippen molar-refractivity contribution in [3.05, 3.63) is 0 Å². The Hall–Kier alpha value is -0.220. The molecule has 2 N–H and O–H groups in total. The summed E-state index contributed by atoms with van der Waals surface area (Å²) >= 11 is 1.76. The number of nitrogens with one attached hydrogen (secondary N) is 2. The van der Waals surface area contributed by atoms with Crippen molar-refractivity contribution in [2.24, 2.45) is 0 Å². The van der Waals surface area contributed by atoms with Crippen LogP contribution in [-0.4, -0.2) is 42.0 Å². The highest BCUT2D eigenvalue weighted by molar-refractivity contribution is 7.99. The van der Waals surface area contributed by atoms with Crippen LogP contribution in [0.5, 0.6) is 0 Å². The van der Waals surface area contributed by atoms with Gasteiger partial charge in [-0.2, -0.15) is 0 Å². The molecule has 78 valence electrons. The lowest BCUT2D eigenvalue weighted by molar-refractivity contribution is 0.498. The minimum atomic E-state index is 0.0564. The van der Waals surface area contributed by atoms with Gasteiger partial charge in [0.2, 0.25) is 0 Å². The smallest absolute Gasteiger partial charge is 0.110 e. The van der Waals surface area contributed by atoms with Crippen LogP contribution >= 0.6 is 11.8 Å². The molecule has 0 aromatic carbocycles. The van der Waals surface area contributed by atoms with Crippen LogP contribution in [-0.2, 0) is 0 Å². The summed E-state index contributed by atoms with van der Waals surface area (Å²) in [4.78, 5) is 1.99. The molecule has 0 aliphatic rings. The van der Waals surface area contributed by atoms with E-state index in [9.17, 15) is 0 Å². The Kier molecular flexibility index (Phi) is 5.40. The number of hydrogen-bond donors (Lipinski definition) is 2. The Labute approximate surface area is 85.8 Å². The summed E-state index contributed by atoms with van der Waals surface area (Å²) in [7, 11) is 1.94. The molecule has 0 aliphatic carbocycles. The summed E-state index contributed by atoms with van der Waals surface area (Å²) < 4.78 is 0. The van der Waals surface area contributed by atoms with E-state index in [1.165, 1.54) is 0 Å². The largest absolute Gasteiger partial charge is 0.363 e. The maximum atomic E-state index is 7.70. The minimum absolute atomic E-state index is 0.0564. The molecule has 0 radical (unpaired) electrons.